The number of methoxy groups -OCH3 is 1. The number of rotatable bonds is 8. The first-order valence-electron chi connectivity index (χ1n) is 11.4. The average molecular weight is 506 g/mol. The molecule has 4 rings (SSSR count). The fourth-order valence-electron chi connectivity index (χ4n) is 3.73. The minimum atomic E-state index is -0.850. The Hall–Kier alpha value is -4.86. The Morgan fingerprint density at radius 3 is 2.59 bits per heavy atom. The number of phenols is 1. The molecule has 37 heavy (non-hydrogen) atoms. The highest BCUT2D eigenvalue weighted by Gasteiger charge is 2.24. The van der Waals surface area contributed by atoms with E-state index >= 15 is 0 Å². The third-order valence-corrected chi connectivity index (χ3v) is 5.63. The maximum atomic E-state index is 12.8. The van der Waals surface area contributed by atoms with E-state index in [1.165, 1.54) is 19.3 Å². The number of para-hydroxylation sites is 2. The zero-order valence-corrected chi connectivity index (χ0v) is 20.3. The maximum absolute atomic E-state index is 12.8. The van der Waals surface area contributed by atoms with Gasteiger partial charge < -0.3 is 35.1 Å². The van der Waals surface area contributed by atoms with E-state index in [2.05, 4.69) is 10.6 Å². The van der Waals surface area contributed by atoms with Crippen molar-refractivity contribution in [1.82, 2.24) is 0 Å². The molecule has 0 spiro atoms. The van der Waals surface area contributed by atoms with Crippen LogP contribution in [0.15, 0.2) is 72.8 Å². The highest BCUT2D eigenvalue weighted by atomic mass is 16.7. The molecule has 0 unspecified atom stereocenters. The number of fused-ring (bicyclic) bond motifs is 1. The zero-order valence-electron chi connectivity index (χ0n) is 20.3. The summed E-state index contributed by atoms with van der Waals surface area (Å²) < 4.78 is 21.5. The molecule has 0 radical (unpaired) electrons. The van der Waals surface area contributed by atoms with Crippen LogP contribution in [-0.4, -0.2) is 31.0 Å². The molecule has 0 saturated heterocycles. The lowest BCUT2D eigenvalue weighted by Crippen LogP contribution is -2.21. The first-order chi connectivity index (χ1) is 17.8. The molecule has 1 aliphatic heterocycles. The van der Waals surface area contributed by atoms with E-state index in [1.54, 1.807) is 67.6 Å². The molecule has 0 saturated carbocycles. The summed E-state index contributed by atoms with van der Waals surface area (Å²) in [6.45, 7) is 1.89. The first-order valence-corrected chi connectivity index (χ1v) is 11.4. The first kappa shape index (κ1) is 25.2. The largest absolute Gasteiger partial charge is 0.504 e. The molecule has 1 aliphatic rings. The van der Waals surface area contributed by atoms with Gasteiger partial charge in [0.2, 0.25) is 12.7 Å². The lowest BCUT2D eigenvalue weighted by molar-refractivity contribution is -0.111. The third-order valence-electron chi connectivity index (χ3n) is 5.63. The van der Waals surface area contributed by atoms with Crippen LogP contribution in [-0.2, 0) is 9.53 Å². The molecule has 10 heteroatoms. The minimum Gasteiger partial charge on any atom is -0.504 e. The Labute approximate surface area is 213 Å². The van der Waals surface area contributed by atoms with Crippen LogP contribution in [0.4, 0.5) is 21.9 Å². The summed E-state index contributed by atoms with van der Waals surface area (Å²) in [6, 6.07) is 16.6. The second-order valence-electron chi connectivity index (χ2n) is 8.24. The highest BCUT2D eigenvalue weighted by Crippen LogP contribution is 2.36. The number of carbonyl (C=O) groups is 2. The Morgan fingerprint density at radius 1 is 1.05 bits per heavy atom. The van der Waals surface area contributed by atoms with Crippen LogP contribution in [0.3, 0.4) is 0 Å². The van der Waals surface area contributed by atoms with Gasteiger partial charge in [-0.1, -0.05) is 31.2 Å². The fraction of sp³-hybridized carbons (Fsp3) is 0.185. The second-order valence-corrected chi connectivity index (χ2v) is 8.24. The van der Waals surface area contributed by atoms with Crippen LogP contribution in [0.5, 0.6) is 23.0 Å². The van der Waals surface area contributed by atoms with Gasteiger partial charge >= 0.3 is 6.09 Å². The molecule has 0 aliphatic carbocycles. The second kappa shape index (κ2) is 11.3. The average Bonchev–Trinajstić information content (AvgIpc) is 3.35. The van der Waals surface area contributed by atoms with Gasteiger partial charge in [-0.15, -0.1) is 0 Å². The number of hydrogen-bond acceptors (Lipinski definition) is 8. The molecule has 1 heterocycles. The van der Waals surface area contributed by atoms with Crippen molar-refractivity contribution >= 4 is 29.1 Å². The van der Waals surface area contributed by atoms with Gasteiger partial charge in [0.25, 0.3) is 0 Å². The van der Waals surface area contributed by atoms with Crippen LogP contribution < -0.4 is 30.6 Å². The molecule has 3 aromatic carbocycles. The van der Waals surface area contributed by atoms with E-state index in [4.69, 9.17) is 24.7 Å². The van der Waals surface area contributed by atoms with E-state index in [-0.39, 0.29) is 18.3 Å². The van der Waals surface area contributed by atoms with E-state index < -0.39 is 24.0 Å². The van der Waals surface area contributed by atoms with Gasteiger partial charge in [0.05, 0.1) is 18.5 Å². The molecule has 0 fully saturated rings. The van der Waals surface area contributed by atoms with Crippen molar-refractivity contribution in [3.8, 4) is 23.0 Å². The number of amides is 2. The molecule has 0 bridgehead atoms. The molecular formula is C27H27N3O7. The molecule has 192 valence electrons. The van der Waals surface area contributed by atoms with Crippen LogP contribution in [0, 0.1) is 5.92 Å². The summed E-state index contributed by atoms with van der Waals surface area (Å²) in [5.74, 6) is 0.393. The van der Waals surface area contributed by atoms with Crippen molar-refractivity contribution in [3.05, 3.63) is 78.4 Å². The number of anilines is 3. The third kappa shape index (κ3) is 6.23. The Bertz CT molecular complexity index is 1330. The molecular weight excluding hydrogens is 478 g/mol. The Morgan fingerprint density at radius 2 is 1.84 bits per heavy atom. The number of ether oxygens (including phenoxy) is 4. The molecule has 10 nitrogen and oxygen atoms in total. The Kier molecular flexibility index (Phi) is 7.68. The summed E-state index contributed by atoms with van der Waals surface area (Å²) in [4.78, 5) is 25.3. The molecule has 0 aromatic heterocycles. The van der Waals surface area contributed by atoms with E-state index in [1.807, 2.05) is 0 Å². The number of aromatic hydroxyl groups is 1. The summed E-state index contributed by atoms with van der Waals surface area (Å²) in [5, 5.41) is 15.7. The van der Waals surface area contributed by atoms with E-state index in [9.17, 15) is 14.7 Å². The number of benzene rings is 3. The van der Waals surface area contributed by atoms with Crippen LogP contribution in [0.1, 0.15) is 18.6 Å². The molecule has 2 amide bonds. The van der Waals surface area contributed by atoms with Crippen LogP contribution in [0.25, 0.3) is 0 Å². The van der Waals surface area contributed by atoms with Crippen molar-refractivity contribution in [2.24, 2.45) is 5.92 Å². The predicted molar refractivity (Wildman–Crippen MR) is 138 cm³/mol. The van der Waals surface area contributed by atoms with Crippen LogP contribution in [0.2, 0.25) is 0 Å². The van der Waals surface area contributed by atoms with Gasteiger partial charge in [-0.05, 0) is 48.0 Å². The van der Waals surface area contributed by atoms with Gasteiger partial charge in [0.1, 0.15) is 6.10 Å². The number of hydrogen-bond donors (Lipinski definition) is 4. The maximum Gasteiger partial charge on any atom is 0.412 e. The van der Waals surface area contributed by atoms with Gasteiger partial charge in [0, 0.05) is 17.7 Å². The van der Waals surface area contributed by atoms with Gasteiger partial charge in [-0.2, -0.15) is 0 Å². The van der Waals surface area contributed by atoms with Gasteiger partial charge in [0.15, 0.2) is 23.0 Å². The number of nitrogens with one attached hydrogen (secondary N) is 2. The standard InChI is InChI=1S/C27H27N3O7/c1-16(7-12-25(32)30-20-6-4-3-5-19(20)28)26(17-8-10-22(34-2)21(31)13-17)37-27(33)29-18-9-11-23-24(14-18)36-15-35-23/h3-14,16,26,31H,15,28H2,1-2H3,(H,29,33)(H,30,32)/b12-7+/t16-,26+/m1/s1. The lowest BCUT2D eigenvalue weighted by atomic mass is 9.96. The smallest absolute Gasteiger partial charge is 0.412 e. The molecule has 2 atom stereocenters. The van der Waals surface area contributed by atoms with Crippen molar-refractivity contribution < 1.29 is 33.6 Å². The van der Waals surface area contributed by atoms with Crippen molar-refractivity contribution in [1.29, 1.82) is 0 Å². The van der Waals surface area contributed by atoms with E-state index in [0.29, 0.717) is 34.1 Å². The summed E-state index contributed by atoms with van der Waals surface area (Å²) >= 11 is 0. The zero-order chi connectivity index (χ0) is 26.4. The normalized spacial score (nSPS) is 13.6. The quantitative estimate of drug-likeness (QED) is 0.252. The van der Waals surface area contributed by atoms with Crippen LogP contribution >= 0.6 is 0 Å². The molecule has 5 N–H and O–H groups in total. The van der Waals surface area contributed by atoms with Crippen molar-refractivity contribution in [2.45, 2.75) is 13.0 Å². The van der Waals surface area contributed by atoms with Crippen molar-refractivity contribution in [3.63, 3.8) is 0 Å². The predicted octanol–water partition coefficient (Wildman–Crippen LogP) is 4.83. The topological polar surface area (TPSA) is 141 Å². The minimum absolute atomic E-state index is 0.112. The van der Waals surface area contributed by atoms with Gasteiger partial charge in [-0.3, -0.25) is 10.1 Å². The van der Waals surface area contributed by atoms with Gasteiger partial charge in [-0.25, -0.2) is 4.79 Å². The summed E-state index contributed by atoms with van der Waals surface area (Å²) in [5.41, 5.74) is 7.76. The lowest BCUT2D eigenvalue weighted by Gasteiger charge is -2.23. The summed E-state index contributed by atoms with van der Waals surface area (Å²) in [6.07, 6.45) is 1.36. The fourth-order valence-corrected chi connectivity index (χ4v) is 3.73. The number of nitrogen functional groups attached to an aromatic ring is 1. The Balaban J connectivity index is 1.50. The number of nitrogens with two attached hydrogens (primary N) is 1. The van der Waals surface area contributed by atoms with Crippen molar-refractivity contribution in [2.75, 3.05) is 30.3 Å². The van der Waals surface area contributed by atoms with E-state index in [0.717, 1.165) is 0 Å². The SMILES string of the molecule is COc1ccc([C@@H](OC(=O)Nc2ccc3c(c2)OCO3)[C@H](C)/C=C/C(=O)Nc2ccccc2N)cc1O. The summed E-state index contributed by atoms with van der Waals surface area (Å²) in [7, 11) is 1.44. The highest BCUT2D eigenvalue weighted by molar-refractivity contribution is 6.01. The number of phenolic OH excluding ortho intramolecular Hbond substituents is 1. The molecule has 3 aromatic rings. The number of carbonyl (C=O) groups excluding carboxylic acids is 2. The monoisotopic (exact) mass is 505 g/mol.